The first-order valence-electron chi connectivity index (χ1n) is 6.85. The van der Waals surface area contributed by atoms with Crippen LogP contribution in [0.1, 0.15) is 20.8 Å². The van der Waals surface area contributed by atoms with Gasteiger partial charge >= 0.3 is 5.97 Å². The van der Waals surface area contributed by atoms with Crippen molar-refractivity contribution in [2.45, 2.75) is 26.9 Å². The molecule has 1 aliphatic rings. The third-order valence-corrected chi connectivity index (χ3v) is 2.79. The van der Waals surface area contributed by atoms with E-state index < -0.39 is 12.1 Å². The van der Waals surface area contributed by atoms with Gasteiger partial charge in [-0.2, -0.15) is 0 Å². The summed E-state index contributed by atoms with van der Waals surface area (Å²) in [5.41, 5.74) is 0.534. The summed E-state index contributed by atoms with van der Waals surface area (Å²) in [5.74, 6) is 0.688. The van der Waals surface area contributed by atoms with Gasteiger partial charge in [-0.05, 0) is 25.0 Å². The minimum Gasteiger partial charge on any atom is -0.482 e. The fraction of sp³-hybridized carbons (Fsp3) is 0.467. The van der Waals surface area contributed by atoms with Crippen LogP contribution in [-0.2, 0) is 14.3 Å². The van der Waals surface area contributed by atoms with Crippen LogP contribution < -0.4 is 14.8 Å². The molecule has 21 heavy (non-hydrogen) atoms. The van der Waals surface area contributed by atoms with Gasteiger partial charge in [0.25, 0.3) is 5.91 Å². The molecule has 6 nitrogen and oxygen atoms in total. The highest BCUT2D eigenvalue weighted by Crippen LogP contribution is 2.31. The van der Waals surface area contributed by atoms with Gasteiger partial charge in [-0.15, -0.1) is 0 Å². The monoisotopic (exact) mass is 293 g/mol. The molecule has 1 N–H and O–H groups in total. The smallest absolute Gasteiger partial charge is 0.347 e. The standard InChI is InChI=1S/C15H19NO5/c1-9(2)7-20-15(18)10(3)21-11-4-5-13-12(6-11)16-14(17)8-19-13/h4-6,9-10H,7-8H2,1-3H3,(H,16,17). The van der Waals surface area contributed by atoms with Crippen molar-refractivity contribution in [2.75, 3.05) is 18.5 Å². The largest absolute Gasteiger partial charge is 0.482 e. The average Bonchev–Trinajstić information content (AvgIpc) is 2.44. The zero-order valence-electron chi connectivity index (χ0n) is 12.3. The van der Waals surface area contributed by atoms with E-state index in [2.05, 4.69) is 5.32 Å². The van der Waals surface area contributed by atoms with Crippen LogP contribution >= 0.6 is 0 Å². The second-order valence-corrected chi connectivity index (χ2v) is 5.28. The molecule has 1 aromatic rings. The lowest BCUT2D eigenvalue weighted by Gasteiger charge is -2.20. The molecule has 6 heteroatoms. The first-order valence-corrected chi connectivity index (χ1v) is 6.85. The lowest BCUT2D eigenvalue weighted by molar-refractivity contribution is -0.152. The van der Waals surface area contributed by atoms with Crippen molar-refractivity contribution < 1.29 is 23.8 Å². The van der Waals surface area contributed by atoms with Gasteiger partial charge in [0.05, 0.1) is 12.3 Å². The predicted octanol–water partition coefficient (Wildman–Crippen LogP) is 1.98. The summed E-state index contributed by atoms with van der Waals surface area (Å²) < 4.78 is 15.9. The molecule has 0 spiro atoms. The van der Waals surface area contributed by atoms with Crippen molar-refractivity contribution in [3.63, 3.8) is 0 Å². The van der Waals surface area contributed by atoms with Crippen LogP contribution in [0.15, 0.2) is 18.2 Å². The lowest BCUT2D eigenvalue weighted by atomic mass is 10.2. The van der Waals surface area contributed by atoms with E-state index in [1.54, 1.807) is 25.1 Å². The van der Waals surface area contributed by atoms with Crippen LogP contribution in [0.3, 0.4) is 0 Å². The van der Waals surface area contributed by atoms with Crippen molar-refractivity contribution in [1.82, 2.24) is 0 Å². The minimum atomic E-state index is -0.720. The molecule has 0 bridgehead atoms. The zero-order valence-corrected chi connectivity index (χ0v) is 12.3. The summed E-state index contributed by atoms with van der Waals surface area (Å²) >= 11 is 0. The fourth-order valence-corrected chi connectivity index (χ4v) is 1.75. The summed E-state index contributed by atoms with van der Waals surface area (Å²) in [4.78, 5) is 23.0. The number of fused-ring (bicyclic) bond motifs is 1. The number of benzene rings is 1. The Balaban J connectivity index is 1.98. The molecule has 0 radical (unpaired) electrons. The molecule has 1 aromatic carbocycles. The Morgan fingerprint density at radius 1 is 1.38 bits per heavy atom. The summed E-state index contributed by atoms with van der Waals surface area (Å²) in [6.07, 6.45) is -0.720. The highest BCUT2D eigenvalue weighted by molar-refractivity contribution is 5.95. The highest BCUT2D eigenvalue weighted by atomic mass is 16.6. The van der Waals surface area contributed by atoms with E-state index in [1.165, 1.54) is 0 Å². The molecule has 1 amide bonds. The fourth-order valence-electron chi connectivity index (χ4n) is 1.75. The van der Waals surface area contributed by atoms with Gasteiger partial charge < -0.3 is 19.5 Å². The van der Waals surface area contributed by atoms with Crippen LogP contribution in [0, 0.1) is 5.92 Å². The van der Waals surface area contributed by atoms with E-state index in [9.17, 15) is 9.59 Å². The Morgan fingerprint density at radius 2 is 2.14 bits per heavy atom. The van der Waals surface area contributed by atoms with Crippen molar-refractivity contribution in [3.8, 4) is 11.5 Å². The number of carbonyl (C=O) groups is 2. The summed E-state index contributed by atoms with van der Waals surface area (Å²) in [6, 6.07) is 5.00. The van der Waals surface area contributed by atoms with Gasteiger partial charge in [-0.1, -0.05) is 13.8 Å². The first kappa shape index (κ1) is 15.2. The third-order valence-electron chi connectivity index (χ3n) is 2.79. The van der Waals surface area contributed by atoms with Gasteiger partial charge in [-0.3, -0.25) is 4.79 Å². The highest BCUT2D eigenvalue weighted by Gasteiger charge is 2.20. The van der Waals surface area contributed by atoms with Crippen LogP contribution in [-0.4, -0.2) is 31.2 Å². The van der Waals surface area contributed by atoms with Gasteiger partial charge in [-0.25, -0.2) is 4.79 Å². The van der Waals surface area contributed by atoms with Crippen LogP contribution in [0.25, 0.3) is 0 Å². The van der Waals surface area contributed by atoms with Gasteiger partial charge in [0.15, 0.2) is 12.7 Å². The summed E-state index contributed by atoms with van der Waals surface area (Å²) in [6.45, 7) is 5.92. The maximum atomic E-state index is 11.8. The number of hydrogen-bond acceptors (Lipinski definition) is 5. The zero-order chi connectivity index (χ0) is 15.4. The Bertz CT molecular complexity index is 541. The van der Waals surface area contributed by atoms with Crippen molar-refractivity contribution in [2.24, 2.45) is 5.92 Å². The van der Waals surface area contributed by atoms with Crippen molar-refractivity contribution in [1.29, 1.82) is 0 Å². The quantitative estimate of drug-likeness (QED) is 0.840. The van der Waals surface area contributed by atoms with E-state index in [-0.39, 0.29) is 18.4 Å². The summed E-state index contributed by atoms with van der Waals surface area (Å²) in [5, 5.41) is 2.68. The molecule has 0 aliphatic carbocycles. The first-order chi connectivity index (χ1) is 9.95. The van der Waals surface area contributed by atoms with E-state index >= 15 is 0 Å². The number of hydrogen-bond donors (Lipinski definition) is 1. The molecule has 0 fully saturated rings. The molecule has 1 unspecified atom stereocenters. The molecular formula is C15H19NO5. The van der Waals surface area contributed by atoms with Crippen LogP contribution in [0.4, 0.5) is 5.69 Å². The molecule has 0 saturated carbocycles. The van der Waals surface area contributed by atoms with Crippen molar-refractivity contribution >= 4 is 17.6 Å². The molecule has 1 atom stereocenters. The SMILES string of the molecule is CC(C)COC(=O)C(C)Oc1ccc2c(c1)NC(=O)CO2. The molecule has 0 saturated heterocycles. The predicted molar refractivity (Wildman–Crippen MR) is 76.5 cm³/mol. The van der Waals surface area contributed by atoms with E-state index in [1.807, 2.05) is 13.8 Å². The van der Waals surface area contributed by atoms with Crippen LogP contribution in [0.2, 0.25) is 0 Å². The van der Waals surface area contributed by atoms with Crippen LogP contribution in [0.5, 0.6) is 11.5 Å². The topological polar surface area (TPSA) is 73.9 Å². The average molecular weight is 293 g/mol. The number of amides is 1. The Labute approximate surface area is 123 Å². The van der Waals surface area contributed by atoms with Gasteiger partial charge in [0.2, 0.25) is 0 Å². The molecule has 1 heterocycles. The van der Waals surface area contributed by atoms with Crippen molar-refractivity contribution in [3.05, 3.63) is 18.2 Å². The minimum absolute atomic E-state index is 0.00509. The Kier molecular flexibility index (Phi) is 4.67. The van der Waals surface area contributed by atoms with Gasteiger partial charge in [0, 0.05) is 6.07 Å². The third kappa shape index (κ3) is 4.11. The lowest BCUT2D eigenvalue weighted by Crippen LogP contribution is -2.28. The van der Waals surface area contributed by atoms with Gasteiger partial charge in [0.1, 0.15) is 11.5 Å². The number of rotatable bonds is 5. The molecule has 1 aliphatic heterocycles. The van der Waals surface area contributed by atoms with E-state index in [0.717, 1.165) is 0 Å². The number of carbonyl (C=O) groups excluding carboxylic acids is 2. The Hall–Kier alpha value is -2.24. The normalized spacial score (nSPS) is 14.8. The number of esters is 1. The second kappa shape index (κ2) is 6.47. The Morgan fingerprint density at radius 3 is 2.86 bits per heavy atom. The maximum Gasteiger partial charge on any atom is 0.347 e. The molecule has 114 valence electrons. The van der Waals surface area contributed by atoms with E-state index in [0.29, 0.717) is 23.8 Å². The number of nitrogens with one attached hydrogen (secondary N) is 1. The molecule has 2 rings (SSSR count). The second-order valence-electron chi connectivity index (χ2n) is 5.28. The summed E-state index contributed by atoms with van der Waals surface area (Å²) in [7, 11) is 0. The number of anilines is 1. The van der Waals surface area contributed by atoms with E-state index in [4.69, 9.17) is 14.2 Å². The number of ether oxygens (including phenoxy) is 3. The maximum absolute atomic E-state index is 11.8. The molecule has 0 aromatic heterocycles. The molecular weight excluding hydrogens is 274 g/mol.